The van der Waals surface area contributed by atoms with Crippen molar-refractivity contribution in [3.8, 4) is 0 Å². The SMILES string of the molecule is CCCC(C)C(=O)OC(=O)C(C)(C)CC. The lowest BCUT2D eigenvalue weighted by Gasteiger charge is -2.20. The Morgan fingerprint density at radius 3 is 2.20 bits per heavy atom. The van der Waals surface area contributed by atoms with Gasteiger partial charge in [-0.2, -0.15) is 0 Å². The Bertz CT molecular complexity index is 231. The van der Waals surface area contributed by atoms with Crippen LogP contribution < -0.4 is 0 Å². The van der Waals surface area contributed by atoms with Crippen LogP contribution in [-0.4, -0.2) is 11.9 Å². The van der Waals surface area contributed by atoms with Gasteiger partial charge in [0.2, 0.25) is 0 Å². The Labute approximate surface area is 92.2 Å². The fraction of sp³-hybridized carbons (Fsp3) is 0.833. The first kappa shape index (κ1) is 14.1. The van der Waals surface area contributed by atoms with Gasteiger partial charge in [0.05, 0.1) is 11.3 Å². The molecule has 0 aliphatic heterocycles. The van der Waals surface area contributed by atoms with Crippen LogP contribution >= 0.6 is 0 Å². The molecule has 0 N–H and O–H groups in total. The molecule has 0 bridgehead atoms. The summed E-state index contributed by atoms with van der Waals surface area (Å²) in [4.78, 5) is 23.0. The Morgan fingerprint density at radius 1 is 1.27 bits per heavy atom. The second-order valence-corrected chi connectivity index (χ2v) is 4.64. The fourth-order valence-electron chi connectivity index (χ4n) is 1.03. The zero-order chi connectivity index (χ0) is 12.1. The number of ether oxygens (including phenoxy) is 1. The third kappa shape index (κ3) is 4.45. The zero-order valence-electron chi connectivity index (χ0n) is 10.4. The van der Waals surface area contributed by atoms with Crippen LogP contribution in [0.1, 0.15) is 53.9 Å². The quantitative estimate of drug-likeness (QED) is 0.522. The Balaban J connectivity index is 4.24. The summed E-state index contributed by atoms with van der Waals surface area (Å²) in [5, 5.41) is 0. The van der Waals surface area contributed by atoms with Gasteiger partial charge < -0.3 is 4.74 Å². The molecule has 0 aliphatic rings. The van der Waals surface area contributed by atoms with Gasteiger partial charge in [-0.05, 0) is 26.7 Å². The highest BCUT2D eigenvalue weighted by Crippen LogP contribution is 2.22. The van der Waals surface area contributed by atoms with Crippen molar-refractivity contribution in [1.29, 1.82) is 0 Å². The van der Waals surface area contributed by atoms with Gasteiger partial charge >= 0.3 is 11.9 Å². The van der Waals surface area contributed by atoms with Crippen molar-refractivity contribution in [2.24, 2.45) is 11.3 Å². The number of carbonyl (C=O) groups excluding carboxylic acids is 2. The molecule has 0 fully saturated rings. The topological polar surface area (TPSA) is 43.4 Å². The summed E-state index contributed by atoms with van der Waals surface area (Å²) in [6, 6.07) is 0. The van der Waals surface area contributed by atoms with Crippen molar-refractivity contribution in [2.45, 2.75) is 53.9 Å². The minimum atomic E-state index is -0.568. The summed E-state index contributed by atoms with van der Waals surface area (Å²) in [6.45, 7) is 9.26. The van der Waals surface area contributed by atoms with E-state index in [1.54, 1.807) is 20.8 Å². The van der Waals surface area contributed by atoms with E-state index >= 15 is 0 Å². The lowest BCUT2D eigenvalue weighted by atomic mass is 9.90. The van der Waals surface area contributed by atoms with Gasteiger partial charge in [0.15, 0.2) is 0 Å². The highest BCUT2D eigenvalue weighted by Gasteiger charge is 2.30. The Hall–Kier alpha value is -0.860. The van der Waals surface area contributed by atoms with Crippen molar-refractivity contribution in [3.05, 3.63) is 0 Å². The largest absolute Gasteiger partial charge is 0.393 e. The maximum Gasteiger partial charge on any atom is 0.319 e. The number of esters is 2. The maximum atomic E-state index is 11.6. The van der Waals surface area contributed by atoms with Crippen LogP contribution in [0.3, 0.4) is 0 Å². The van der Waals surface area contributed by atoms with E-state index < -0.39 is 17.4 Å². The average Bonchev–Trinajstić information content (AvgIpc) is 2.17. The minimum absolute atomic E-state index is 0.188. The molecule has 0 aromatic carbocycles. The molecule has 0 amide bonds. The monoisotopic (exact) mass is 214 g/mol. The molecule has 15 heavy (non-hydrogen) atoms. The van der Waals surface area contributed by atoms with Gasteiger partial charge in [-0.3, -0.25) is 9.59 Å². The molecule has 0 aromatic rings. The molecule has 3 nitrogen and oxygen atoms in total. The molecule has 0 spiro atoms. The van der Waals surface area contributed by atoms with E-state index in [0.29, 0.717) is 6.42 Å². The first-order valence-corrected chi connectivity index (χ1v) is 5.61. The van der Waals surface area contributed by atoms with Crippen LogP contribution in [0.5, 0.6) is 0 Å². The molecular formula is C12H22O3. The first-order valence-electron chi connectivity index (χ1n) is 5.61. The zero-order valence-corrected chi connectivity index (χ0v) is 10.4. The molecule has 1 atom stereocenters. The first-order chi connectivity index (χ1) is 6.85. The summed E-state index contributed by atoms with van der Waals surface area (Å²) >= 11 is 0. The van der Waals surface area contributed by atoms with E-state index in [0.717, 1.165) is 12.8 Å². The summed E-state index contributed by atoms with van der Waals surface area (Å²) in [6.07, 6.45) is 2.35. The number of carbonyl (C=O) groups is 2. The van der Waals surface area contributed by atoms with Gasteiger partial charge in [0.1, 0.15) is 0 Å². The molecule has 1 unspecified atom stereocenters. The molecule has 0 aromatic heterocycles. The molecule has 3 heteroatoms. The fourth-order valence-corrected chi connectivity index (χ4v) is 1.03. The highest BCUT2D eigenvalue weighted by atomic mass is 16.6. The third-order valence-electron chi connectivity index (χ3n) is 2.75. The van der Waals surface area contributed by atoms with Crippen molar-refractivity contribution in [1.82, 2.24) is 0 Å². The maximum absolute atomic E-state index is 11.6. The van der Waals surface area contributed by atoms with Crippen molar-refractivity contribution in [2.75, 3.05) is 0 Å². The van der Waals surface area contributed by atoms with Crippen LogP contribution in [0, 0.1) is 11.3 Å². The highest BCUT2D eigenvalue weighted by molar-refractivity contribution is 5.89. The van der Waals surface area contributed by atoms with E-state index in [1.165, 1.54) is 0 Å². The van der Waals surface area contributed by atoms with Crippen molar-refractivity contribution < 1.29 is 14.3 Å². The molecular weight excluding hydrogens is 192 g/mol. The van der Waals surface area contributed by atoms with Gasteiger partial charge in [-0.1, -0.05) is 27.2 Å². The molecule has 88 valence electrons. The van der Waals surface area contributed by atoms with Gasteiger partial charge in [0.25, 0.3) is 0 Å². The summed E-state index contributed by atoms with van der Waals surface area (Å²) in [5.74, 6) is -1.01. The second-order valence-electron chi connectivity index (χ2n) is 4.64. The van der Waals surface area contributed by atoms with Crippen LogP contribution in [0.15, 0.2) is 0 Å². The smallest absolute Gasteiger partial charge is 0.319 e. The van der Waals surface area contributed by atoms with Crippen LogP contribution in [0.4, 0.5) is 0 Å². The average molecular weight is 214 g/mol. The normalized spacial score (nSPS) is 13.4. The summed E-state index contributed by atoms with van der Waals surface area (Å²) < 4.78 is 4.84. The van der Waals surface area contributed by atoms with E-state index in [1.807, 2.05) is 13.8 Å². The van der Waals surface area contributed by atoms with E-state index in [4.69, 9.17) is 4.74 Å². The predicted molar refractivity (Wildman–Crippen MR) is 59.2 cm³/mol. The standard InChI is InChI=1S/C12H22O3/c1-6-8-9(3)10(13)15-11(14)12(4,5)7-2/h9H,6-8H2,1-5H3. The number of rotatable bonds is 5. The Kier molecular flexibility index (Phi) is 5.55. The van der Waals surface area contributed by atoms with Crippen LogP contribution in [-0.2, 0) is 14.3 Å². The number of hydrogen-bond donors (Lipinski definition) is 0. The predicted octanol–water partition coefficient (Wildman–Crippen LogP) is 2.93. The van der Waals surface area contributed by atoms with Gasteiger partial charge in [-0.25, -0.2) is 0 Å². The minimum Gasteiger partial charge on any atom is -0.393 e. The van der Waals surface area contributed by atoms with Crippen LogP contribution in [0.2, 0.25) is 0 Å². The number of hydrogen-bond acceptors (Lipinski definition) is 3. The van der Waals surface area contributed by atoms with Crippen LogP contribution in [0.25, 0.3) is 0 Å². The van der Waals surface area contributed by atoms with Crippen molar-refractivity contribution >= 4 is 11.9 Å². The lowest BCUT2D eigenvalue weighted by molar-refractivity contribution is -0.168. The van der Waals surface area contributed by atoms with E-state index in [2.05, 4.69) is 0 Å². The molecule has 0 rings (SSSR count). The third-order valence-corrected chi connectivity index (χ3v) is 2.75. The molecule has 0 saturated heterocycles. The van der Waals surface area contributed by atoms with Crippen molar-refractivity contribution in [3.63, 3.8) is 0 Å². The molecule has 0 saturated carbocycles. The summed E-state index contributed by atoms with van der Waals surface area (Å²) in [7, 11) is 0. The van der Waals surface area contributed by atoms with Gasteiger partial charge in [0, 0.05) is 0 Å². The van der Waals surface area contributed by atoms with E-state index in [-0.39, 0.29) is 5.92 Å². The second kappa shape index (κ2) is 5.89. The molecule has 0 radical (unpaired) electrons. The van der Waals surface area contributed by atoms with Gasteiger partial charge in [-0.15, -0.1) is 0 Å². The molecule has 0 aliphatic carbocycles. The van der Waals surface area contributed by atoms with E-state index in [9.17, 15) is 9.59 Å². The lowest BCUT2D eigenvalue weighted by Crippen LogP contribution is -2.30. The Morgan fingerprint density at radius 2 is 1.80 bits per heavy atom. The summed E-state index contributed by atoms with van der Waals surface area (Å²) in [5.41, 5.74) is -0.568. The molecule has 0 heterocycles.